The van der Waals surface area contributed by atoms with E-state index in [9.17, 15) is 14.4 Å². The number of rotatable bonds is 4. The third-order valence-electron chi connectivity index (χ3n) is 5.79. The molecule has 2 unspecified atom stereocenters. The summed E-state index contributed by atoms with van der Waals surface area (Å²) in [5, 5.41) is 0. The van der Waals surface area contributed by atoms with Gasteiger partial charge in [0, 0.05) is 0 Å². The molecule has 0 spiro atoms. The van der Waals surface area contributed by atoms with E-state index in [-0.39, 0.29) is 10.1 Å². The van der Waals surface area contributed by atoms with Crippen LogP contribution in [0.3, 0.4) is 0 Å². The first-order chi connectivity index (χ1) is 12.7. The SMILES string of the molecule is CC(=O)[O][Ti]([O]C(C)=O)([O]C(C)=O)[CH]1CCCC2=C1C(C)C1=C2CCCC1. The van der Waals surface area contributed by atoms with Crippen LogP contribution in [-0.2, 0) is 42.1 Å². The summed E-state index contributed by atoms with van der Waals surface area (Å²) in [5.41, 5.74) is 5.47. The Balaban J connectivity index is 2.08. The van der Waals surface area contributed by atoms with Gasteiger partial charge in [-0.2, -0.15) is 0 Å². The van der Waals surface area contributed by atoms with Gasteiger partial charge in [-0.3, -0.25) is 0 Å². The van der Waals surface area contributed by atoms with Crippen molar-refractivity contribution in [3.05, 3.63) is 22.3 Å². The average molecular weight is 412 g/mol. The molecule has 148 valence electrons. The van der Waals surface area contributed by atoms with E-state index in [4.69, 9.17) is 9.96 Å². The average Bonchev–Trinajstić information content (AvgIpc) is 2.86. The second-order valence-corrected chi connectivity index (χ2v) is 11.6. The fourth-order valence-corrected chi connectivity index (χ4v) is 9.93. The molecule has 6 nitrogen and oxygen atoms in total. The van der Waals surface area contributed by atoms with E-state index >= 15 is 0 Å². The van der Waals surface area contributed by atoms with Crippen LogP contribution >= 0.6 is 0 Å². The summed E-state index contributed by atoms with van der Waals surface area (Å²) in [6, 6.07) is 0. The van der Waals surface area contributed by atoms with E-state index in [2.05, 4.69) is 6.92 Å². The molecule has 0 N–H and O–H groups in total. The van der Waals surface area contributed by atoms with Gasteiger partial charge in [0.1, 0.15) is 0 Å². The minimum absolute atomic E-state index is 0.229. The van der Waals surface area contributed by atoms with Crippen LogP contribution in [0, 0.1) is 5.92 Å². The molecule has 2 atom stereocenters. The van der Waals surface area contributed by atoms with Crippen LogP contribution in [0.25, 0.3) is 0 Å². The molecule has 3 aliphatic carbocycles. The molecule has 3 aliphatic rings. The summed E-state index contributed by atoms with van der Waals surface area (Å²) in [4.78, 5) is 35.7. The zero-order chi connectivity index (χ0) is 19.8. The monoisotopic (exact) mass is 412 g/mol. The summed E-state index contributed by atoms with van der Waals surface area (Å²) in [6.45, 7) is 6.00. The van der Waals surface area contributed by atoms with Crippen LogP contribution in [0.15, 0.2) is 22.3 Å². The third kappa shape index (κ3) is 3.92. The number of fused-ring (bicyclic) bond motifs is 1. The first kappa shape index (κ1) is 20.3. The van der Waals surface area contributed by atoms with Crippen molar-refractivity contribution in [1.82, 2.24) is 0 Å². The number of hydrogen-bond acceptors (Lipinski definition) is 6. The fraction of sp³-hybridized carbons (Fsp3) is 0.650. The Morgan fingerprint density at radius 1 is 0.815 bits per heavy atom. The second kappa shape index (κ2) is 7.92. The Kier molecular flexibility index (Phi) is 5.97. The molecule has 0 heterocycles. The Morgan fingerprint density at radius 3 is 1.89 bits per heavy atom. The van der Waals surface area contributed by atoms with Gasteiger partial charge in [-0.05, 0) is 0 Å². The van der Waals surface area contributed by atoms with E-state index in [1.54, 1.807) is 0 Å². The van der Waals surface area contributed by atoms with Gasteiger partial charge in [-0.15, -0.1) is 0 Å². The molecule has 0 saturated heterocycles. The molecule has 27 heavy (non-hydrogen) atoms. The Hall–Kier alpha value is -1.40. The summed E-state index contributed by atoms with van der Waals surface area (Å²) < 4.78 is 16.6. The summed E-state index contributed by atoms with van der Waals surface area (Å²) in [7, 11) is 0. The van der Waals surface area contributed by atoms with Crippen molar-refractivity contribution in [3.63, 3.8) is 0 Å². The quantitative estimate of drug-likeness (QED) is 0.639. The number of hydrogen-bond donors (Lipinski definition) is 0. The summed E-state index contributed by atoms with van der Waals surface area (Å²) >= 11 is -4.57. The van der Waals surface area contributed by atoms with Crippen molar-refractivity contribution >= 4 is 17.9 Å². The molecule has 0 bridgehead atoms. The van der Waals surface area contributed by atoms with Crippen molar-refractivity contribution in [2.75, 3.05) is 0 Å². The molecule has 0 aromatic carbocycles. The fourth-order valence-electron chi connectivity index (χ4n) is 5.06. The van der Waals surface area contributed by atoms with Crippen molar-refractivity contribution in [1.29, 1.82) is 0 Å². The molecule has 0 radical (unpaired) electrons. The maximum atomic E-state index is 11.9. The van der Waals surface area contributed by atoms with Crippen LogP contribution in [0.1, 0.15) is 72.6 Å². The molecule has 0 fully saturated rings. The molecule has 0 aromatic rings. The van der Waals surface area contributed by atoms with Crippen molar-refractivity contribution in [2.24, 2.45) is 5.92 Å². The third-order valence-corrected chi connectivity index (χ3v) is 10.7. The Morgan fingerprint density at radius 2 is 1.33 bits per heavy atom. The normalized spacial score (nSPS) is 24.9. The van der Waals surface area contributed by atoms with Crippen molar-refractivity contribution < 1.29 is 42.1 Å². The van der Waals surface area contributed by atoms with Crippen LogP contribution in [0.2, 0.25) is 4.22 Å². The Bertz CT molecular complexity index is 694. The molecule has 3 rings (SSSR count). The molecule has 0 amide bonds. The zero-order valence-corrected chi connectivity index (χ0v) is 18.1. The van der Waals surface area contributed by atoms with Crippen LogP contribution in [-0.4, -0.2) is 17.9 Å². The van der Waals surface area contributed by atoms with Crippen molar-refractivity contribution in [3.8, 4) is 0 Å². The second-order valence-electron chi connectivity index (χ2n) is 7.70. The van der Waals surface area contributed by atoms with E-state index in [0.29, 0.717) is 6.42 Å². The van der Waals surface area contributed by atoms with Gasteiger partial charge in [-0.1, -0.05) is 0 Å². The minimum atomic E-state index is -4.57. The molecular formula is C20H28O6Ti. The molecular weight excluding hydrogens is 384 g/mol. The zero-order valence-electron chi connectivity index (χ0n) is 16.6. The number of carbonyl (C=O) groups is 3. The van der Waals surface area contributed by atoms with Crippen molar-refractivity contribution in [2.45, 2.75) is 76.9 Å². The van der Waals surface area contributed by atoms with Gasteiger partial charge in [-0.25, -0.2) is 0 Å². The molecule has 0 aromatic heterocycles. The number of carbonyl (C=O) groups excluding carboxylic acids is 3. The van der Waals surface area contributed by atoms with Gasteiger partial charge in [0.25, 0.3) is 0 Å². The molecule has 0 saturated carbocycles. The van der Waals surface area contributed by atoms with E-state index in [1.165, 1.54) is 55.9 Å². The van der Waals surface area contributed by atoms with Gasteiger partial charge in [0.05, 0.1) is 0 Å². The predicted octanol–water partition coefficient (Wildman–Crippen LogP) is 4.36. The maximum absolute atomic E-state index is 11.9. The standard InChI is InChI=1S/C14H19.3C2H4O2.Ti/c1-10-11-6-2-4-8-13(11)14-9-5-3-7-12(10)14;3*1-2(3)4;/h6,10H,2-5,7-9H2,1H3;3*1H3,(H,3,4);/q;;;;+3/p-3. The van der Waals surface area contributed by atoms with Gasteiger partial charge >= 0.3 is 165 Å². The van der Waals surface area contributed by atoms with Gasteiger partial charge < -0.3 is 0 Å². The van der Waals surface area contributed by atoms with E-state index in [0.717, 1.165) is 25.7 Å². The van der Waals surface area contributed by atoms with E-state index in [1.807, 2.05) is 0 Å². The summed E-state index contributed by atoms with van der Waals surface area (Å²) in [5.74, 6) is -1.50. The van der Waals surface area contributed by atoms with Gasteiger partial charge in [0.15, 0.2) is 0 Å². The van der Waals surface area contributed by atoms with Crippen LogP contribution in [0.4, 0.5) is 0 Å². The van der Waals surface area contributed by atoms with Crippen LogP contribution in [0.5, 0.6) is 0 Å². The number of allylic oxidation sites excluding steroid dienone is 4. The predicted molar refractivity (Wildman–Crippen MR) is 94.6 cm³/mol. The summed E-state index contributed by atoms with van der Waals surface area (Å²) in [6.07, 6.45) is 7.16. The van der Waals surface area contributed by atoms with Gasteiger partial charge in [0.2, 0.25) is 0 Å². The topological polar surface area (TPSA) is 78.9 Å². The first-order valence-corrected chi connectivity index (χ1v) is 12.6. The molecule has 7 heteroatoms. The molecule has 0 aliphatic heterocycles. The van der Waals surface area contributed by atoms with E-state index < -0.39 is 35.7 Å². The Labute approximate surface area is 165 Å². The first-order valence-electron chi connectivity index (χ1n) is 9.79. The van der Waals surface area contributed by atoms with Crippen LogP contribution < -0.4 is 0 Å².